The second-order valence-electron chi connectivity index (χ2n) is 6.89. The van der Waals surface area contributed by atoms with Crippen molar-refractivity contribution in [1.29, 1.82) is 0 Å². The largest absolute Gasteiger partial charge is 0.378 e. The summed E-state index contributed by atoms with van der Waals surface area (Å²) in [6.07, 6.45) is 1.92. The number of amides is 2. The molecule has 1 unspecified atom stereocenters. The molecule has 4 rings (SSSR count). The average Bonchev–Trinajstić information content (AvgIpc) is 3.15. The maximum atomic E-state index is 12.6. The monoisotopic (exact) mass is 381 g/mol. The standard InChI is InChI=1S/C20H23N5O3/c26-19-12-15(14-25(19)16-4-2-1-3-5-16)20(27)22-13-17-21-7-6-18(23-17)24-8-10-28-11-9-24/h1-7,15H,8-14H2,(H,22,27). The molecule has 0 radical (unpaired) electrons. The van der Waals surface area contributed by atoms with Gasteiger partial charge in [0.1, 0.15) is 11.6 Å². The van der Waals surface area contributed by atoms with Gasteiger partial charge in [-0.25, -0.2) is 9.97 Å². The van der Waals surface area contributed by atoms with Crippen LogP contribution in [0.1, 0.15) is 12.2 Å². The molecule has 2 amide bonds. The topological polar surface area (TPSA) is 87.7 Å². The number of benzene rings is 1. The zero-order valence-electron chi connectivity index (χ0n) is 15.6. The maximum absolute atomic E-state index is 12.6. The van der Waals surface area contributed by atoms with Gasteiger partial charge in [-0.2, -0.15) is 0 Å². The molecule has 1 aromatic carbocycles. The molecule has 2 aliphatic heterocycles. The van der Waals surface area contributed by atoms with E-state index in [4.69, 9.17) is 4.74 Å². The number of para-hydroxylation sites is 1. The summed E-state index contributed by atoms with van der Waals surface area (Å²) in [6, 6.07) is 11.3. The Balaban J connectivity index is 1.34. The zero-order valence-corrected chi connectivity index (χ0v) is 15.6. The minimum atomic E-state index is -0.366. The Bertz CT molecular complexity index is 839. The van der Waals surface area contributed by atoms with Crippen molar-refractivity contribution in [3.63, 3.8) is 0 Å². The van der Waals surface area contributed by atoms with Crippen LogP contribution in [0.5, 0.6) is 0 Å². The molecular formula is C20H23N5O3. The second-order valence-corrected chi connectivity index (χ2v) is 6.89. The van der Waals surface area contributed by atoms with Crippen LogP contribution in [-0.4, -0.2) is 54.6 Å². The summed E-state index contributed by atoms with van der Waals surface area (Å²) in [5.74, 6) is 0.856. The minimum Gasteiger partial charge on any atom is -0.378 e. The molecule has 2 saturated heterocycles. The number of hydrogen-bond acceptors (Lipinski definition) is 6. The van der Waals surface area contributed by atoms with E-state index >= 15 is 0 Å². The first kappa shape index (κ1) is 18.4. The molecule has 146 valence electrons. The van der Waals surface area contributed by atoms with Gasteiger partial charge in [-0.1, -0.05) is 18.2 Å². The molecule has 0 saturated carbocycles. The minimum absolute atomic E-state index is 0.0306. The van der Waals surface area contributed by atoms with Crippen LogP contribution in [0.3, 0.4) is 0 Å². The molecule has 2 fully saturated rings. The van der Waals surface area contributed by atoms with Crippen LogP contribution in [-0.2, 0) is 20.9 Å². The van der Waals surface area contributed by atoms with Gasteiger partial charge in [0.05, 0.1) is 25.7 Å². The fraction of sp³-hybridized carbons (Fsp3) is 0.400. The first-order valence-corrected chi connectivity index (χ1v) is 9.48. The highest BCUT2D eigenvalue weighted by atomic mass is 16.5. The third kappa shape index (κ3) is 4.12. The van der Waals surface area contributed by atoms with Gasteiger partial charge in [0.15, 0.2) is 0 Å². The van der Waals surface area contributed by atoms with Gasteiger partial charge in [-0.05, 0) is 18.2 Å². The predicted octanol–water partition coefficient (Wildman–Crippen LogP) is 0.982. The molecule has 8 nitrogen and oxygen atoms in total. The highest BCUT2D eigenvalue weighted by Crippen LogP contribution is 2.24. The van der Waals surface area contributed by atoms with Crippen LogP contribution in [0, 0.1) is 5.92 Å². The van der Waals surface area contributed by atoms with E-state index < -0.39 is 0 Å². The zero-order chi connectivity index (χ0) is 19.3. The molecule has 8 heteroatoms. The van der Waals surface area contributed by atoms with Crippen LogP contribution in [0.2, 0.25) is 0 Å². The van der Waals surface area contributed by atoms with Crippen molar-refractivity contribution in [3.8, 4) is 0 Å². The van der Waals surface area contributed by atoms with E-state index in [1.807, 2.05) is 36.4 Å². The Kier molecular flexibility index (Phi) is 5.48. The van der Waals surface area contributed by atoms with E-state index in [9.17, 15) is 9.59 Å². The van der Waals surface area contributed by atoms with Crippen molar-refractivity contribution in [1.82, 2.24) is 15.3 Å². The summed E-state index contributed by atoms with van der Waals surface area (Å²) < 4.78 is 5.36. The summed E-state index contributed by atoms with van der Waals surface area (Å²) in [7, 11) is 0. The molecule has 28 heavy (non-hydrogen) atoms. The second kappa shape index (κ2) is 8.35. The third-order valence-electron chi connectivity index (χ3n) is 5.01. The Morgan fingerprint density at radius 3 is 2.75 bits per heavy atom. The fourth-order valence-corrected chi connectivity index (χ4v) is 3.49. The van der Waals surface area contributed by atoms with E-state index in [2.05, 4.69) is 20.2 Å². The Hall–Kier alpha value is -3.00. The number of anilines is 2. The molecular weight excluding hydrogens is 358 g/mol. The van der Waals surface area contributed by atoms with Gasteiger partial charge in [-0.15, -0.1) is 0 Å². The number of ether oxygens (including phenoxy) is 1. The van der Waals surface area contributed by atoms with Gasteiger partial charge < -0.3 is 19.9 Å². The number of nitrogens with zero attached hydrogens (tertiary/aromatic N) is 4. The first-order chi connectivity index (χ1) is 13.7. The summed E-state index contributed by atoms with van der Waals surface area (Å²) in [5, 5.41) is 2.88. The van der Waals surface area contributed by atoms with Gasteiger partial charge >= 0.3 is 0 Å². The average molecular weight is 381 g/mol. The molecule has 1 aromatic heterocycles. The van der Waals surface area contributed by atoms with Crippen molar-refractivity contribution >= 4 is 23.3 Å². The number of carbonyl (C=O) groups excluding carboxylic acids is 2. The number of hydrogen-bond donors (Lipinski definition) is 1. The molecule has 1 N–H and O–H groups in total. The highest BCUT2D eigenvalue weighted by molar-refractivity contribution is 6.00. The van der Waals surface area contributed by atoms with Crippen molar-refractivity contribution in [3.05, 3.63) is 48.4 Å². The fourth-order valence-electron chi connectivity index (χ4n) is 3.49. The molecule has 1 atom stereocenters. The van der Waals surface area contributed by atoms with Crippen LogP contribution in [0.25, 0.3) is 0 Å². The van der Waals surface area contributed by atoms with E-state index in [0.29, 0.717) is 25.6 Å². The van der Waals surface area contributed by atoms with E-state index in [1.165, 1.54) is 0 Å². The Labute approximate surface area is 163 Å². The Morgan fingerprint density at radius 1 is 1.18 bits per heavy atom. The number of morpholine rings is 1. The quantitative estimate of drug-likeness (QED) is 0.831. The first-order valence-electron chi connectivity index (χ1n) is 9.48. The predicted molar refractivity (Wildman–Crippen MR) is 104 cm³/mol. The van der Waals surface area contributed by atoms with Crippen LogP contribution < -0.4 is 15.1 Å². The van der Waals surface area contributed by atoms with Crippen LogP contribution in [0.4, 0.5) is 11.5 Å². The molecule has 2 aliphatic rings. The molecule has 0 spiro atoms. The number of nitrogens with one attached hydrogen (secondary N) is 1. The smallest absolute Gasteiger partial charge is 0.227 e. The van der Waals surface area contributed by atoms with Crippen molar-refractivity contribution < 1.29 is 14.3 Å². The van der Waals surface area contributed by atoms with Crippen molar-refractivity contribution in [2.75, 3.05) is 42.6 Å². The lowest BCUT2D eigenvalue weighted by atomic mass is 10.1. The third-order valence-corrected chi connectivity index (χ3v) is 5.01. The van der Waals surface area contributed by atoms with Crippen LogP contribution >= 0.6 is 0 Å². The molecule has 0 bridgehead atoms. The van der Waals surface area contributed by atoms with E-state index in [-0.39, 0.29) is 30.7 Å². The SMILES string of the molecule is O=C(NCc1nccc(N2CCOCC2)n1)C1CC(=O)N(c2ccccc2)C1. The lowest BCUT2D eigenvalue weighted by molar-refractivity contribution is -0.126. The summed E-state index contributed by atoms with van der Waals surface area (Å²) in [6.45, 7) is 3.59. The highest BCUT2D eigenvalue weighted by Gasteiger charge is 2.35. The summed E-state index contributed by atoms with van der Waals surface area (Å²) in [4.78, 5) is 37.4. The van der Waals surface area contributed by atoms with Gasteiger partial charge in [-0.3, -0.25) is 9.59 Å². The van der Waals surface area contributed by atoms with E-state index in [0.717, 1.165) is 24.6 Å². The number of rotatable bonds is 5. The summed E-state index contributed by atoms with van der Waals surface area (Å²) >= 11 is 0. The Morgan fingerprint density at radius 2 is 1.96 bits per heavy atom. The molecule has 2 aromatic rings. The van der Waals surface area contributed by atoms with Crippen LogP contribution in [0.15, 0.2) is 42.6 Å². The maximum Gasteiger partial charge on any atom is 0.227 e. The number of carbonyl (C=O) groups is 2. The summed E-state index contributed by atoms with van der Waals surface area (Å²) in [5.41, 5.74) is 0.823. The van der Waals surface area contributed by atoms with E-state index in [1.54, 1.807) is 11.1 Å². The molecule has 3 heterocycles. The van der Waals surface area contributed by atoms with Gasteiger partial charge in [0.25, 0.3) is 0 Å². The molecule has 0 aliphatic carbocycles. The van der Waals surface area contributed by atoms with Crippen molar-refractivity contribution in [2.45, 2.75) is 13.0 Å². The normalized spacial score (nSPS) is 19.7. The lowest BCUT2D eigenvalue weighted by Crippen LogP contribution is -2.37. The number of aromatic nitrogens is 2. The van der Waals surface area contributed by atoms with Gasteiger partial charge in [0.2, 0.25) is 11.8 Å². The van der Waals surface area contributed by atoms with Gasteiger partial charge in [0, 0.05) is 37.9 Å². The van der Waals surface area contributed by atoms with Crippen molar-refractivity contribution in [2.24, 2.45) is 5.92 Å². The lowest BCUT2D eigenvalue weighted by Gasteiger charge is -2.27.